The van der Waals surface area contributed by atoms with E-state index in [0.717, 1.165) is 39.0 Å². The van der Waals surface area contributed by atoms with Crippen LogP contribution in [0.5, 0.6) is 0 Å². The van der Waals surface area contributed by atoms with E-state index in [2.05, 4.69) is 53.4 Å². The molecule has 0 bridgehead atoms. The molecule has 1 saturated heterocycles. The molecule has 4 rings (SSSR count). The summed E-state index contributed by atoms with van der Waals surface area (Å²) in [5, 5.41) is 0. The van der Waals surface area contributed by atoms with Crippen molar-refractivity contribution in [3.05, 3.63) is 70.8 Å². The van der Waals surface area contributed by atoms with E-state index in [1.54, 1.807) is 7.11 Å². The molecule has 0 unspecified atom stereocenters. The molecule has 0 N–H and O–H groups in total. The Morgan fingerprint density at radius 3 is 2.00 bits per heavy atom. The lowest BCUT2D eigenvalue weighted by atomic mass is 9.93. The van der Waals surface area contributed by atoms with E-state index >= 15 is 0 Å². The highest BCUT2D eigenvalue weighted by Gasteiger charge is 2.31. The van der Waals surface area contributed by atoms with Gasteiger partial charge in [0.25, 0.3) is 0 Å². The second kappa shape index (κ2) is 7.60. The van der Waals surface area contributed by atoms with E-state index in [4.69, 9.17) is 4.74 Å². The van der Waals surface area contributed by atoms with E-state index in [9.17, 15) is 4.79 Å². The maximum absolute atomic E-state index is 12.1. The van der Waals surface area contributed by atoms with Gasteiger partial charge in [-0.1, -0.05) is 48.5 Å². The number of rotatable bonds is 3. The van der Waals surface area contributed by atoms with Crippen LogP contribution in [-0.4, -0.2) is 55.6 Å². The number of ether oxygens (including phenoxy) is 1. The van der Waals surface area contributed by atoms with Gasteiger partial charge in [-0.05, 0) is 35.1 Å². The van der Waals surface area contributed by atoms with Gasteiger partial charge in [0.1, 0.15) is 6.61 Å². The Bertz CT molecular complexity index is 734. The summed E-state index contributed by atoms with van der Waals surface area (Å²) >= 11 is 0. The Labute approximate surface area is 155 Å². The Hall–Kier alpha value is -2.17. The molecule has 0 spiro atoms. The van der Waals surface area contributed by atoms with E-state index < -0.39 is 0 Å². The van der Waals surface area contributed by atoms with Gasteiger partial charge in [0.15, 0.2) is 0 Å². The molecule has 1 aliphatic heterocycles. The highest BCUT2D eigenvalue weighted by Crippen LogP contribution is 2.37. The number of fused-ring (bicyclic) bond motifs is 2. The third-order valence-electron chi connectivity index (χ3n) is 5.66. The van der Waals surface area contributed by atoms with Crippen LogP contribution in [0, 0.1) is 0 Å². The predicted octanol–water partition coefficient (Wildman–Crippen LogP) is 2.67. The second-order valence-electron chi connectivity index (χ2n) is 7.15. The molecule has 2 aromatic rings. The van der Waals surface area contributed by atoms with Crippen molar-refractivity contribution in [1.82, 2.24) is 9.80 Å². The highest BCUT2D eigenvalue weighted by atomic mass is 16.5. The SMILES string of the molecule is COCC(=O)N1CCN(C2c3ccccc3CCc3ccccc32)CC1. The summed E-state index contributed by atoms with van der Waals surface area (Å²) in [6, 6.07) is 18.0. The molecule has 1 aliphatic carbocycles. The molecule has 1 amide bonds. The van der Waals surface area contributed by atoms with Crippen LogP contribution < -0.4 is 0 Å². The zero-order chi connectivity index (χ0) is 17.9. The standard InChI is InChI=1S/C22H26N2O2/c1-26-16-21(25)23-12-14-24(15-13-23)22-19-8-4-2-6-17(19)10-11-18-7-3-5-9-20(18)22/h2-9,22H,10-16H2,1H3. The minimum absolute atomic E-state index is 0.0915. The Balaban J connectivity index is 1.63. The fourth-order valence-corrected chi connectivity index (χ4v) is 4.33. The van der Waals surface area contributed by atoms with E-state index in [1.165, 1.54) is 22.3 Å². The van der Waals surface area contributed by atoms with Crippen LogP contribution in [0.3, 0.4) is 0 Å². The lowest BCUT2D eigenvalue weighted by molar-refractivity contribution is -0.137. The van der Waals surface area contributed by atoms with Crippen molar-refractivity contribution >= 4 is 5.91 Å². The van der Waals surface area contributed by atoms with Gasteiger partial charge in [0.2, 0.25) is 5.91 Å². The van der Waals surface area contributed by atoms with Crippen LogP contribution in [0.15, 0.2) is 48.5 Å². The first-order chi connectivity index (χ1) is 12.8. The monoisotopic (exact) mass is 350 g/mol. The Kier molecular flexibility index (Phi) is 5.05. The molecule has 0 saturated carbocycles. The molecule has 0 radical (unpaired) electrons. The largest absolute Gasteiger partial charge is 0.375 e. The highest BCUT2D eigenvalue weighted by molar-refractivity contribution is 5.77. The van der Waals surface area contributed by atoms with Crippen molar-refractivity contribution < 1.29 is 9.53 Å². The fraction of sp³-hybridized carbons (Fsp3) is 0.409. The van der Waals surface area contributed by atoms with Gasteiger partial charge in [-0.3, -0.25) is 9.69 Å². The zero-order valence-corrected chi connectivity index (χ0v) is 15.4. The maximum atomic E-state index is 12.1. The lowest BCUT2D eigenvalue weighted by Gasteiger charge is -2.40. The first kappa shape index (κ1) is 17.3. The molecule has 4 heteroatoms. The van der Waals surface area contributed by atoms with Crippen molar-refractivity contribution in [2.24, 2.45) is 0 Å². The van der Waals surface area contributed by atoms with Gasteiger partial charge >= 0.3 is 0 Å². The number of hydrogen-bond acceptors (Lipinski definition) is 3. The second-order valence-corrected chi connectivity index (χ2v) is 7.15. The number of benzene rings is 2. The van der Waals surface area contributed by atoms with E-state index in [-0.39, 0.29) is 18.6 Å². The van der Waals surface area contributed by atoms with Gasteiger partial charge in [-0.25, -0.2) is 0 Å². The number of carbonyl (C=O) groups excluding carboxylic acids is 1. The third-order valence-corrected chi connectivity index (χ3v) is 5.66. The molecular weight excluding hydrogens is 324 g/mol. The Morgan fingerprint density at radius 2 is 1.46 bits per heavy atom. The molecule has 2 aliphatic rings. The first-order valence-corrected chi connectivity index (χ1v) is 9.44. The minimum atomic E-state index is 0.0915. The number of hydrogen-bond donors (Lipinski definition) is 0. The first-order valence-electron chi connectivity index (χ1n) is 9.44. The normalized spacial score (nSPS) is 18.1. The Morgan fingerprint density at radius 1 is 0.923 bits per heavy atom. The van der Waals surface area contributed by atoms with E-state index in [1.807, 2.05) is 4.90 Å². The number of amides is 1. The van der Waals surface area contributed by atoms with Gasteiger partial charge in [-0.2, -0.15) is 0 Å². The van der Waals surface area contributed by atoms with Gasteiger partial charge in [-0.15, -0.1) is 0 Å². The number of aryl methyl sites for hydroxylation is 2. The van der Waals surface area contributed by atoms with Crippen molar-refractivity contribution in [3.63, 3.8) is 0 Å². The van der Waals surface area contributed by atoms with Crippen LogP contribution in [0.2, 0.25) is 0 Å². The van der Waals surface area contributed by atoms with Crippen molar-refractivity contribution in [2.75, 3.05) is 39.9 Å². The van der Waals surface area contributed by atoms with Gasteiger partial charge in [0.05, 0.1) is 6.04 Å². The maximum Gasteiger partial charge on any atom is 0.248 e. The smallest absolute Gasteiger partial charge is 0.248 e. The summed E-state index contributed by atoms with van der Waals surface area (Å²) in [5.41, 5.74) is 5.75. The molecule has 0 atom stereocenters. The zero-order valence-electron chi connectivity index (χ0n) is 15.4. The predicted molar refractivity (Wildman–Crippen MR) is 102 cm³/mol. The summed E-state index contributed by atoms with van der Waals surface area (Å²) in [5.74, 6) is 0.0915. The number of carbonyl (C=O) groups is 1. The molecule has 2 aromatic carbocycles. The summed E-state index contributed by atoms with van der Waals surface area (Å²) in [7, 11) is 1.58. The topological polar surface area (TPSA) is 32.8 Å². The van der Waals surface area contributed by atoms with Crippen LogP contribution in [0.4, 0.5) is 0 Å². The van der Waals surface area contributed by atoms with Crippen LogP contribution >= 0.6 is 0 Å². The van der Waals surface area contributed by atoms with Gasteiger partial charge in [0, 0.05) is 33.3 Å². The van der Waals surface area contributed by atoms with Crippen LogP contribution in [-0.2, 0) is 22.4 Å². The summed E-state index contributed by atoms with van der Waals surface area (Å²) < 4.78 is 5.00. The molecule has 4 nitrogen and oxygen atoms in total. The molecule has 0 aromatic heterocycles. The van der Waals surface area contributed by atoms with Crippen LogP contribution in [0.1, 0.15) is 28.3 Å². The van der Waals surface area contributed by atoms with Crippen molar-refractivity contribution in [2.45, 2.75) is 18.9 Å². The third kappa shape index (κ3) is 3.27. The summed E-state index contributed by atoms with van der Waals surface area (Å²) in [4.78, 5) is 16.6. The molecule has 1 heterocycles. The fourth-order valence-electron chi connectivity index (χ4n) is 4.33. The number of methoxy groups -OCH3 is 1. The quantitative estimate of drug-likeness (QED) is 0.853. The van der Waals surface area contributed by atoms with Gasteiger partial charge < -0.3 is 9.64 Å². The van der Waals surface area contributed by atoms with Crippen molar-refractivity contribution in [1.29, 1.82) is 0 Å². The van der Waals surface area contributed by atoms with Crippen molar-refractivity contribution in [3.8, 4) is 0 Å². The molecule has 26 heavy (non-hydrogen) atoms. The molecular formula is C22H26N2O2. The summed E-state index contributed by atoms with van der Waals surface area (Å²) in [6.07, 6.45) is 2.19. The average molecular weight is 350 g/mol. The number of piperazine rings is 1. The lowest BCUT2D eigenvalue weighted by Crippen LogP contribution is -2.50. The molecule has 136 valence electrons. The van der Waals surface area contributed by atoms with Crippen LogP contribution in [0.25, 0.3) is 0 Å². The van der Waals surface area contributed by atoms with E-state index in [0.29, 0.717) is 0 Å². The minimum Gasteiger partial charge on any atom is -0.375 e. The average Bonchev–Trinajstić information content (AvgIpc) is 2.85. The number of nitrogens with zero attached hydrogens (tertiary/aromatic N) is 2. The summed E-state index contributed by atoms with van der Waals surface area (Å²) in [6.45, 7) is 3.49. The molecule has 1 fully saturated rings.